The fraction of sp³-hybridized carbons (Fsp3) is 0.385. The largest absolute Gasteiger partial charge is 0.494 e. The number of rotatable bonds is 10. The summed E-state index contributed by atoms with van der Waals surface area (Å²) in [7, 11) is 0. The van der Waals surface area contributed by atoms with Crippen LogP contribution >= 0.6 is 0 Å². The predicted octanol–water partition coefficient (Wildman–Crippen LogP) is 7.73. The molecule has 0 fully saturated rings. The van der Waals surface area contributed by atoms with Crippen LogP contribution in [0.15, 0.2) is 54.7 Å². The number of halogens is 3. The Morgan fingerprint density at radius 1 is 0.886 bits per heavy atom. The van der Waals surface area contributed by atoms with Crippen molar-refractivity contribution in [2.45, 2.75) is 58.7 Å². The first kappa shape index (κ1) is 26.1. The van der Waals surface area contributed by atoms with Crippen LogP contribution in [-0.4, -0.2) is 22.2 Å². The summed E-state index contributed by atoms with van der Waals surface area (Å²) in [5.74, 6) is 0.919. The van der Waals surface area contributed by atoms with Crippen molar-refractivity contribution in [1.82, 2.24) is 9.97 Å². The van der Waals surface area contributed by atoms with Gasteiger partial charge in [0.2, 0.25) is 5.95 Å². The summed E-state index contributed by atoms with van der Waals surface area (Å²) < 4.78 is 52.4. The van der Waals surface area contributed by atoms with Crippen LogP contribution in [0.1, 0.15) is 52.5 Å². The molecule has 188 valence electrons. The number of nitrogens with one attached hydrogen (secondary N) is 2. The quantitative estimate of drug-likeness (QED) is 0.285. The third-order valence-electron chi connectivity index (χ3n) is 4.74. The maximum atomic E-state index is 13.6. The summed E-state index contributed by atoms with van der Waals surface area (Å²) in [5, 5.41) is 5.71. The second-order valence-electron chi connectivity index (χ2n) is 9.03. The van der Waals surface area contributed by atoms with E-state index in [1.165, 1.54) is 0 Å². The normalized spacial score (nSPS) is 11.7. The fourth-order valence-corrected chi connectivity index (χ4v) is 3.18. The molecular weight excluding hydrogens is 457 g/mol. The Kier molecular flexibility index (Phi) is 8.43. The molecule has 0 saturated carbocycles. The summed E-state index contributed by atoms with van der Waals surface area (Å²) in [5.41, 5.74) is -0.272. The van der Waals surface area contributed by atoms with E-state index in [0.717, 1.165) is 25.5 Å². The first-order chi connectivity index (χ1) is 16.5. The lowest BCUT2D eigenvalue weighted by Gasteiger charge is -2.21. The van der Waals surface area contributed by atoms with Crippen LogP contribution in [0, 0.1) is 0 Å². The molecule has 2 N–H and O–H groups in total. The lowest BCUT2D eigenvalue weighted by atomic mass is 10.2. The number of ether oxygens (including phenoxy) is 2. The second-order valence-corrected chi connectivity index (χ2v) is 9.03. The Morgan fingerprint density at radius 3 is 2.29 bits per heavy atom. The summed E-state index contributed by atoms with van der Waals surface area (Å²) >= 11 is 0. The first-order valence-corrected chi connectivity index (χ1v) is 11.5. The van der Waals surface area contributed by atoms with Gasteiger partial charge < -0.3 is 20.1 Å². The van der Waals surface area contributed by atoms with Gasteiger partial charge in [-0.1, -0.05) is 25.8 Å². The van der Waals surface area contributed by atoms with Crippen LogP contribution in [0.2, 0.25) is 0 Å². The van der Waals surface area contributed by atoms with Gasteiger partial charge in [-0.05, 0) is 63.6 Å². The standard InChI is InChI=1S/C26H31F3N4O2/c1-5-6-7-15-34-21-10-8-9-19(16-21)31-23-22(26(27,28)29)17-30-24(33-23)32-18-11-13-20(14-12-18)35-25(2,3)4/h8-14,16-17H,5-7,15H2,1-4H3,(H2,30,31,32,33). The van der Waals surface area contributed by atoms with Gasteiger partial charge in [0.15, 0.2) is 0 Å². The minimum atomic E-state index is -4.62. The molecule has 0 aliphatic heterocycles. The van der Waals surface area contributed by atoms with E-state index in [4.69, 9.17) is 9.47 Å². The van der Waals surface area contributed by atoms with Crippen molar-refractivity contribution in [1.29, 1.82) is 0 Å². The number of nitrogens with zero attached hydrogens (tertiary/aromatic N) is 2. The molecule has 0 aliphatic rings. The van der Waals surface area contributed by atoms with E-state index in [1.807, 2.05) is 20.8 Å². The van der Waals surface area contributed by atoms with Gasteiger partial charge in [-0.3, -0.25) is 0 Å². The van der Waals surface area contributed by atoms with Crippen LogP contribution in [-0.2, 0) is 6.18 Å². The lowest BCUT2D eigenvalue weighted by Crippen LogP contribution is -2.22. The van der Waals surface area contributed by atoms with Gasteiger partial charge >= 0.3 is 6.18 Å². The molecule has 0 unspecified atom stereocenters. The van der Waals surface area contributed by atoms with Gasteiger partial charge in [0.1, 0.15) is 28.5 Å². The number of anilines is 4. The number of hydrogen-bond acceptors (Lipinski definition) is 6. The molecule has 1 heterocycles. The first-order valence-electron chi connectivity index (χ1n) is 11.5. The molecule has 0 aliphatic carbocycles. The van der Waals surface area contributed by atoms with Crippen LogP contribution in [0.4, 0.5) is 36.3 Å². The molecule has 6 nitrogen and oxygen atoms in total. The van der Waals surface area contributed by atoms with Crippen molar-refractivity contribution in [2.75, 3.05) is 17.2 Å². The third-order valence-corrected chi connectivity index (χ3v) is 4.74. The molecule has 3 rings (SSSR count). The van der Waals surface area contributed by atoms with Gasteiger partial charge in [-0.15, -0.1) is 0 Å². The van der Waals surface area contributed by atoms with Crippen molar-refractivity contribution in [3.8, 4) is 11.5 Å². The number of benzene rings is 2. The molecule has 9 heteroatoms. The Hall–Kier alpha value is -3.49. The van der Waals surface area contributed by atoms with Gasteiger partial charge in [-0.2, -0.15) is 18.2 Å². The third kappa shape index (κ3) is 8.35. The van der Waals surface area contributed by atoms with Crippen LogP contribution in [0.5, 0.6) is 11.5 Å². The summed E-state index contributed by atoms with van der Waals surface area (Å²) in [6.45, 7) is 8.48. The molecule has 0 radical (unpaired) electrons. The molecule has 3 aromatic rings. The fourth-order valence-electron chi connectivity index (χ4n) is 3.18. The maximum absolute atomic E-state index is 13.6. The van der Waals surface area contributed by atoms with Crippen LogP contribution < -0.4 is 20.1 Å². The number of hydrogen-bond donors (Lipinski definition) is 2. The smallest absolute Gasteiger partial charge is 0.421 e. The summed E-state index contributed by atoms with van der Waals surface area (Å²) in [4.78, 5) is 7.96. The Balaban J connectivity index is 1.78. The number of aromatic nitrogens is 2. The summed E-state index contributed by atoms with van der Waals surface area (Å²) in [6, 6.07) is 13.8. The molecule has 0 bridgehead atoms. The zero-order chi connectivity index (χ0) is 25.5. The van der Waals surface area contributed by atoms with E-state index >= 15 is 0 Å². The van der Waals surface area contributed by atoms with E-state index in [2.05, 4.69) is 27.5 Å². The predicted molar refractivity (Wildman–Crippen MR) is 132 cm³/mol. The number of unbranched alkanes of at least 4 members (excludes halogenated alkanes) is 2. The molecular formula is C26H31F3N4O2. The van der Waals surface area contributed by atoms with E-state index in [1.54, 1.807) is 48.5 Å². The van der Waals surface area contributed by atoms with Crippen molar-refractivity contribution >= 4 is 23.1 Å². The van der Waals surface area contributed by atoms with Crippen LogP contribution in [0.3, 0.4) is 0 Å². The molecule has 1 aromatic heterocycles. The van der Waals surface area contributed by atoms with Crippen molar-refractivity contribution in [3.63, 3.8) is 0 Å². The zero-order valence-electron chi connectivity index (χ0n) is 20.4. The number of alkyl halides is 3. The highest BCUT2D eigenvalue weighted by atomic mass is 19.4. The monoisotopic (exact) mass is 488 g/mol. The van der Waals surface area contributed by atoms with Crippen molar-refractivity contribution < 1.29 is 22.6 Å². The minimum Gasteiger partial charge on any atom is -0.494 e. The van der Waals surface area contributed by atoms with Gasteiger partial charge in [0, 0.05) is 23.6 Å². The molecule has 0 spiro atoms. The van der Waals surface area contributed by atoms with Gasteiger partial charge in [0.25, 0.3) is 0 Å². The summed E-state index contributed by atoms with van der Waals surface area (Å²) in [6.07, 6.45) is -0.822. The Morgan fingerprint density at radius 2 is 1.63 bits per heavy atom. The zero-order valence-corrected chi connectivity index (χ0v) is 20.4. The molecule has 35 heavy (non-hydrogen) atoms. The average Bonchev–Trinajstić information content (AvgIpc) is 2.77. The van der Waals surface area contributed by atoms with Gasteiger partial charge in [0.05, 0.1) is 6.61 Å². The van der Waals surface area contributed by atoms with E-state index < -0.39 is 11.7 Å². The van der Waals surface area contributed by atoms with E-state index in [0.29, 0.717) is 29.5 Å². The van der Waals surface area contributed by atoms with Crippen molar-refractivity contribution in [2.24, 2.45) is 0 Å². The topological polar surface area (TPSA) is 68.3 Å². The molecule has 0 atom stereocenters. The maximum Gasteiger partial charge on any atom is 0.421 e. The Labute approximate surface area is 203 Å². The van der Waals surface area contributed by atoms with Crippen LogP contribution in [0.25, 0.3) is 0 Å². The highest BCUT2D eigenvalue weighted by Crippen LogP contribution is 2.36. The lowest BCUT2D eigenvalue weighted by molar-refractivity contribution is -0.137. The van der Waals surface area contributed by atoms with E-state index in [9.17, 15) is 13.2 Å². The van der Waals surface area contributed by atoms with E-state index in [-0.39, 0.29) is 17.4 Å². The van der Waals surface area contributed by atoms with Gasteiger partial charge in [-0.25, -0.2) is 4.98 Å². The Bertz CT molecular complexity index is 1100. The highest BCUT2D eigenvalue weighted by molar-refractivity contribution is 5.64. The van der Waals surface area contributed by atoms with Crippen molar-refractivity contribution in [3.05, 3.63) is 60.3 Å². The minimum absolute atomic E-state index is 0.0250. The molecule has 0 amide bonds. The highest BCUT2D eigenvalue weighted by Gasteiger charge is 2.35. The molecule has 2 aromatic carbocycles. The SMILES string of the molecule is CCCCCOc1cccc(Nc2nc(Nc3ccc(OC(C)(C)C)cc3)ncc2C(F)(F)F)c1. The second kappa shape index (κ2) is 11.3. The molecule has 0 saturated heterocycles. The average molecular weight is 489 g/mol.